The summed E-state index contributed by atoms with van der Waals surface area (Å²) < 4.78 is 5.61. The Balaban J connectivity index is 2.18. The first-order valence-electron chi connectivity index (χ1n) is 6.24. The zero-order chi connectivity index (χ0) is 12.4. The van der Waals surface area contributed by atoms with Crippen LogP contribution >= 0.6 is 0 Å². The van der Waals surface area contributed by atoms with Crippen LogP contribution in [-0.4, -0.2) is 24.2 Å². The molecule has 1 atom stereocenters. The minimum Gasteiger partial charge on any atom is -0.473 e. The normalized spacial score (nSPS) is 20.0. The van der Waals surface area contributed by atoms with Gasteiger partial charge in [0.15, 0.2) is 0 Å². The molecular formula is C13H21N3O. The van der Waals surface area contributed by atoms with Crippen LogP contribution in [0.3, 0.4) is 0 Å². The molecule has 0 radical (unpaired) electrons. The van der Waals surface area contributed by atoms with Crippen LogP contribution < -0.4 is 15.4 Å². The van der Waals surface area contributed by atoms with Crippen LogP contribution in [-0.2, 0) is 0 Å². The van der Waals surface area contributed by atoms with E-state index in [1.807, 2.05) is 26.0 Å². The Hall–Kier alpha value is -1.45. The zero-order valence-corrected chi connectivity index (χ0v) is 10.8. The van der Waals surface area contributed by atoms with Crippen molar-refractivity contribution in [3.8, 4) is 5.88 Å². The Morgan fingerprint density at radius 2 is 2.24 bits per heavy atom. The van der Waals surface area contributed by atoms with Crippen molar-refractivity contribution in [3.05, 3.63) is 12.1 Å². The summed E-state index contributed by atoms with van der Waals surface area (Å²) in [4.78, 5) is 6.80. The molecule has 2 N–H and O–H groups in total. The zero-order valence-electron chi connectivity index (χ0n) is 10.8. The molecule has 0 spiro atoms. The summed E-state index contributed by atoms with van der Waals surface area (Å²) in [6, 6.07) is 3.85. The number of nitrogens with two attached hydrogens (primary N) is 1. The first-order chi connectivity index (χ1) is 8.06. The van der Waals surface area contributed by atoms with E-state index in [0.717, 1.165) is 24.8 Å². The van der Waals surface area contributed by atoms with E-state index < -0.39 is 0 Å². The maximum atomic E-state index is 5.86. The van der Waals surface area contributed by atoms with Gasteiger partial charge < -0.3 is 15.4 Å². The van der Waals surface area contributed by atoms with Crippen molar-refractivity contribution >= 4 is 11.5 Å². The number of hydrogen-bond donors (Lipinski definition) is 1. The molecule has 1 aliphatic rings. The lowest BCUT2D eigenvalue weighted by Crippen LogP contribution is -2.21. The summed E-state index contributed by atoms with van der Waals surface area (Å²) in [7, 11) is 0. The summed E-state index contributed by atoms with van der Waals surface area (Å²) in [6.45, 7) is 8.36. The summed E-state index contributed by atoms with van der Waals surface area (Å²) in [5.74, 6) is 2.26. The first-order valence-corrected chi connectivity index (χ1v) is 6.24. The average Bonchev–Trinajstić information content (AvgIpc) is 2.67. The third-order valence-corrected chi connectivity index (χ3v) is 2.97. The molecule has 4 heteroatoms. The first kappa shape index (κ1) is 12.0. The molecule has 17 heavy (non-hydrogen) atoms. The molecule has 0 amide bonds. The molecule has 0 bridgehead atoms. The Kier molecular flexibility index (Phi) is 3.41. The average molecular weight is 235 g/mol. The lowest BCUT2D eigenvalue weighted by molar-refractivity contribution is 0.234. The molecule has 2 rings (SSSR count). The number of rotatable bonds is 3. The van der Waals surface area contributed by atoms with E-state index >= 15 is 0 Å². The van der Waals surface area contributed by atoms with E-state index in [2.05, 4.69) is 16.8 Å². The molecule has 4 nitrogen and oxygen atoms in total. The number of anilines is 2. The van der Waals surface area contributed by atoms with Crippen molar-refractivity contribution in [1.29, 1.82) is 0 Å². The van der Waals surface area contributed by atoms with Gasteiger partial charge >= 0.3 is 0 Å². The van der Waals surface area contributed by atoms with Crippen LogP contribution in [0.4, 0.5) is 11.5 Å². The highest BCUT2D eigenvalue weighted by Crippen LogP contribution is 2.27. The SMILES string of the molecule is CC1CCN(c2ccc(N)c(OC(C)C)n2)C1. The van der Waals surface area contributed by atoms with E-state index in [1.165, 1.54) is 6.42 Å². The van der Waals surface area contributed by atoms with Gasteiger partial charge in [-0.2, -0.15) is 4.98 Å². The van der Waals surface area contributed by atoms with E-state index in [9.17, 15) is 0 Å². The predicted octanol–water partition coefficient (Wildman–Crippen LogP) is 2.30. The number of pyridine rings is 1. The molecule has 1 aliphatic heterocycles. The highest BCUT2D eigenvalue weighted by atomic mass is 16.5. The Morgan fingerprint density at radius 3 is 2.82 bits per heavy atom. The smallest absolute Gasteiger partial charge is 0.239 e. The van der Waals surface area contributed by atoms with Gasteiger partial charge in [-0.1, -0.05) is 6.92 Å². The van der Waals surface area contributed by atoms with E-state index in [0.29, 0.717) is 11.6 Å². The molecule has 1 unspecified atom stereocenters. The Bertz CT molecular complexity index is 392. The fraction of sp³-hybridized carbons (Fsp3) is 0.615. The third kappa shape index (κ3) is 2.81. The van der Waals surface area contributed by atoms with Crippen LogP contribution in [0.15, 0.2) is 12.1 Å². The molecule has 1 aromatic heterocycles. The van der Waals surface area contributed by atoms with Gasteiger partial charge in [-0.3, -0.25) is 0 Å². The maximum absolute atomic E-state index is 5.86. The van der Waals surface area contributed by atoms with Crippen LogP contribution in [0.2, 0.25) is 0 Å². The molecule has 0 aromatic carbocycles. The van der Waals surface area contributed by atoms with Crippen LogP contribution in [0.1, 0.15) is 27.2 Å². The number of hydrogen-bond acceptors (Lipinski definition) is 4. The number of ether oxygens (including phenoxy) is 1. The van der Waals surface area contributed by atoms with Gasteiger partial charge in [0.2, 0.25) is 5.88 Å². The van der Waals surface area contributed by atoms with Gasteiger partial charge in [0.1, 0.15) is 5.82 Å². The summed E-state index contributed by atoms with van der Waals surface area (Å²) in [5, 5.41) is 0. The number of nitrogens with zero attached hydrogens (tertiary/aromatic N) is 2. The summed E-state index contributed by atoms with van der Waals surface area (Å²) in [5.41, 5.74) is 6.46. The minimum atomic E-state index is 0.0950. The van der Waals surface area contributed by atoms with E-state index in [-0.39, 0.29) is 6.10 Å². The van der Waals surface area contributed by atoms with Gasteiger partial charge in [-0.15, -0.1) is 0 Å². The maximum Gasteiger partial charge on any atom is 0.239 e. The second-order valence-electron chi connectivity index (χ2n) is 5.07. The second-order valence-corrected chi connectivity index (χ2v) is 5.07. The quantitative estimate of drug-likeness (QED) is 0.873. The summed E-state index contributed by atoms with van der Waals surface area (Å²) in [6.07, 6.45) is 1.32. The van der Waals surface area contributed by atoms with Gasteiger partial charge in [0, 0.05) is 13.1 Å². The molecular weight excluding hydrogens is 214 g/mol. The predicted molar refractivity (Wildman–Crippen MR) is 70.4 cm³/mol. The van der Waals surface area contributed by atoms with Gasteiger partial charge in [0.05, 0.1) is 11.8 Å². The molecule has 94 valence electrons. The monoisotopic (exact) mass is 235 g/mol. The standard InChI is InChI=1S/C13H21N3O/c1-9(2)17-13-11(14)4-5-12(15-13)16-7-6-10(3)8-16/h4-5,9-10H,6-8,14H2,1-3H3. The highest BCUT2D eigenvalue weighted by molar-refractivity contribution is 5.55. The van der Waals surface area contributed by atoms with Crippen molar-refractivity contribution in [2.45, 2.75) is 33.3 Å². The lowest BCUT2D eigenvalue weighted by Gasteiger charge is -2.19. The van der Waals surface area contributed by atoms with Gasteiger partial charge in [0.25, 0.3) is 0 Å². The van der Waals surface area contributed by atoms with Crippen LogP contribution in [0.25, 0.3) is 0 Å². The molecule has 2 heterocycles. The fourth-order valence-corrected chi connectivity index (χ4v) is 2.08. The Morgan fingerprint density at radius 1 is 1.47 bits per heavy atom. The minimum absolute atomic E-state index is 0.0950. The largest absolute Gasteiger partial charge is 0.473 e. The van der Waals surface area contributed by atoms with Gasteiger partial charge in [-0.25, -0.2) is 0 Å². The van der Waals surface area contributed by atoms with Crippen LogP contribution in [0, 0.1) is 5.92 Å². The number of aromatic nitrogens is 1. The van der Waals surface area contributed by atoms with E-state index in [1.54, 1.807) is 0 Å². The van der Waals surface area contributed by atoms with Crippen molar-refractivity contribution in [3.63, 3.8) is 0 Å². The topological polar surface area (TPSA) is 51.4 Å². The molecule has 0 aliphatic carbocycles. The highest BCUT2D eigenvalue weighted by Gasteiger charge is 2.20. The van der Waals surface area contributed by atoms with Crippen LogP contribution in [0.5, 0.6) is 5.88 Å². The van der Waals surface area contributed by atoms with Crippen molar-refractivity contribution in [2.24, 2.45) is 5.92 Å². The Labute approximate surface area is 103 Å². The second kappa shape index (κ2) is 4.82. The lowest BCUT2D eigenvalue weighted by atomic mass is 10.2. The van der Waals surface area contributed by atoms with E-state index in [4.69, 9.17) is 10.5 Å². The summed E-state index contributed by atoms with van der Waals surface area (Å²) >= 11 is 0. The van der Waals surface area contributed by atoms with Gasteiger partial charge in [-0.05, 0) is 38.3 Å². The molecule has 0 saturated carbocycles. The molecule has 1 aromatic rings. The van der Waals surface area contributed by atoms with Crippen molar-refractivity contribution < 1.29 is 4.74 Å². The van der Waals surface area contributed by atoms with Crippen molar-refractivity contribution in [2.75, 3.05) is 23.7 Å². The third-order valence-electron chi connectivity index (χ3n) is 2.97. The molecule has 1 saturated heterocycles. The number of nitrogen functional groups attached to an aromatic ring is 1. The van der Waals surface area contributed by atoms with Crippen molar-refractivity contribution in [1.82, 2.24) is 4.98 Å². The fourth-order valence-electron chi connectivity index (χ4n) is 2.08. The molecule has 1 fully saturated rings.